The maximum atomic E-state index is 13.0. The number of hydrogen-bond acceptors (Lipinski definition) is 8. The highest BCUT2D eigenvalue weighted by molar-refractivity contribution is 8.00. The van der Waals surface area contributed by atoms with Gasteiger partial charge in [-0.2, -0.15) is 5.26 Å². The van der Waals surface area contributed by atoms with Gasteiger partial charge in [-0.3, -0.25) is 4.79 Å². The number of nitriles is 1. The Hall–Kier alpha value is -4.16. The number of methoxy groups -OCH3 is 1. The summed E-state index contributed by atoms with van der Waals surface area (Å²) in [5, 5.41) is 26.3. The van der Waals surface area contributed by atoms with Crippen LogP contribution in [0.4, 0.5) is 0 Å². The molecule has 2 aromatic carbocycles. The molecule has 5 rings (SSSR count). The van der Waals surface area contributed by atoms with Gasteiger partial charge in [0.05, 0.1) is 23.7 Å². The zero-order valence-electron chi connectivity index (χ0n) is 19.5. The van der Waals surface area contributed by atoms with E-state index in [0.29, 0.717) is 27.9 Å². The standard InChI is InChI=1S/C27H22N4O4S/c1-34-22-10-8-21(9-11-22)31-25(27(33)35-30-31)24(32)16-36-26-20(15-28)14-19-13-18(7-12-23(19)29-26)17-5-3-2-4-6-17/h2-6,8-11,14,18H,7,12-13,16H2,1H3. The van der Waals surface area contributed by atoms with Crippen LogP contribution >= 0.6 is 11.8 Å². The van der Waals surface area contributed by atoms with E-state index in [1.165, 1.54) is 10.2 Å². The fourth-order valence-corrected chi connectivity index (χ4v) is 5.27. The SMILES string of the molecule is COc1ccc(-[n+]2noc([O-])c2C(=O)CSc2nc3c(cc2C#N)CC(c2ccccc2)CC3)cc1. The minimum absolute atomic E-state index is 0.0836. The van der Waals surface area contributed by atoms with Crippen LogP contribution in [0.25, 0.3) is 5.69 Å². The number of fused-ring (bicyclic) bond motifs is 1. The highest BCUT2D eigenvalue weighted by Gasteiger charge is 2.29. The van der Waals surface area contributed by atoms with Crippen molar-refractivity contribution in [3.63, 3.8) is 0 Å². The Balaban J connectivity index is 1.34. The summed E-state index contributed by atoms with van der Waals surface area (Å²) in [6.07, 6.45) is 2.60. The van der Waals surface area contributed by atoms with Crippen LogP contribution in [0.2, 0.25) is 0 Å². The lowest BCUT2D eigenvalue weighted by Gasteiger charge is -2.25. The predicted octanol–water partition coefficient (Wildman–Crippen LogP) is 3.55. The third-order valence-electron chi connectivity index (χ3n) is 6.28. The Morgan fingerprint density at radius 3 is 2.75 bits per heavy atom. The van der Waals surface area contributed by atoms with Crippen LogP contribution in [0.3, 0.4) is 0 Å². The van der Waals surface area contributed by atoms with Crippen molar-refractivity contribution in [3.8, 4) is 23.5 Å². The largest absolute Gasteiger partial charge is 0.539 e. The molecule has 9 heteroatoms. The van der Waals surface area contributed by atoms with E-state index >= 15 is 0 Å². The molecular formula is C27H22N4O4S. The number of pyridine rings is 1. The van der Waals surface area contributed by atoms with Crippen molar-refractivity contribution < 1.29 is 23.8 Å². The first-order valence-electron chi connectivity index (χ1n) is 11.4. The Kier molecular flexibility index (Phi) is 6.69. The maximum absolute atomic E-state index is 13.0. The van der Waals surface area contributed by atoms with Gasteiger partial charge >= 0.3 is 5.69 Å². The first kappa shape index (κ1) is 23.6. The molecule has 8 nitrogen and oxygen atoms in total. The van der Waals surface area contributed by atoms with Crippen LogP contribution in [-0.2, 0) is 12.8 Å². The summed E-state index contributed by atoms with van der Waals surface area (Å²) in [5.74, 6) is -0.340. The molecule has 1 aliphatic rings. The number of thioether (sulfide) groups is 1. The van der Waals surface area contributed by atoms with Crippen LogP contribution in [0.1, 0.15) is 45.2 Å². The first-order chi connectivity index (χ1) is 17.6. The Morgan fingerprint density at radius 1 is 1.25 bits per heavy atom. The molecule has 0 N–H and O–H groups in total. The van der Waals surface area contributed by atoms with Crippen molar-refractivity contribution in [1.82, 2.24) is 10.3 Å². The Labute approximate surface area is 212 Å². The number of benzene rings is 2. The van der Waals surface area contributed by atoms with Gasteiger partial charge in [-0.1, -0.05) is 42.1 Å². The number of hydrogen-bond donors (Lipinski definition) is 0. The molecule has 0 radical (unpaired) electrons. The molecular weight excluding hydrogens is 476 g/mol. The van der Waals surface area contributed by atoms with Crippen molar-refractivity contribution in [1.29, 1.82) is 5.26 Å². The van der Waals surface area contributed by atoms with E-state index in [-0.39, 0.29) is 11.4 Å². The summed E-state index contributed by atoms with van der Waals surface area (Å²) >= 11 is 1.14. The van der Waals surface area contributed by atoms with E-state index in [0.717, 1.165) is 42.3 Å². The number of carbonyl (C=O) groups is 1. The van der Waals surface area contributed by atoms with Crippen LogP contribution in [-0.4, -0.2) is 28.9 Å². The van der Waals surface area contributed by atoms with Crippen molar-refractivity contribution in [2.45, 2.75) is 30.2 Å². The lowest BCUT2D eigenvalue weighted by atomic mass is 9.82. The lowest BCUT2D eigenvalue weighted by Crippen LogP contribution is -2.39. The molecule has 0 aliphatic heterocycles. The number of Topliss-reactive ketones (excluding diaryl/α,β-unsaturated/α-hetero) is 1. The van der Waals surface area contributed by atoms with Gasteiger partial charge in [0.1, 0.15) is 16.8 Å². The average molecular weight is 499 g/mol. The number of ether oxygens (including phenoxy) is 1. The van der Waals surface area contributed by atoms with Gasteiger partial charge in [0.2, 0.25) is 11.5 Å². The number of aryl methyl sites for hydroxylation is 1. The summed E-state index contributed by atoms with van der Waals surface area (Å²) in [4.78, 5) is 17.8. The molecule has 1 atom stereocenters. The fourth-order valence-electron chi connectivity index (χ4n) is 4.43. The molecule has 0 bridgehead atoms. The first-order valence-corrected chi connectivity index (χ1v) is 12.4. The number of nitrogens with zero attached hydrogens (tertiary/aromatic N) is 4. The average Bonchev–Trinajstić information content (AvgIpc) is 3.32. The molecule has 2 aromatic heterocycles. The van der Waals surface area contributed by atoms with E-state index in [1.807, 2.05) is 24.3 Å². The van der Waals surface area contributed by atoms with Gasteiger partial charge in [0.15, 0.2) is 5.95 Å². The summed E-state index contributed by atoms with van der Waals surface area (Å²) in [6, 6.07) is 21.2. The van der Waals surface area contributed by atoms with E-state index in [2.05, 4.69) is 23.5 Å². The maximum Gasteiger partial charge on any atom is 0.307 e. The number of ketones is 1. The number of rotatable bonds is 7. The fraction of sp³-hybridized carbons (Fsp3) is 0.222. The van der Waals surface area contributed by atoms with Gasteiger partial charge in [-0.15, -0.1) is 0 Å². The highest BCUT2D eigenvalue weighted by Crippen LogP contribution is 2.34. The van der Waals surface area contributed by atoms with E-state index in [9.17, 15) is 15.2 Å². The third kappa shape index (κ3) is 4.68. The molecule has 0 amide bonds. The normalized spacial score (nSPS) is 14.6. The van der Waals surface area contributed by atoms with Crippen LogP contribution in [0, 0.1) is 11.3 Å². The van der Waals surface area contributed by atoms with Crippen molar-refractivity contribution in [2.75, 3.05) is 12.9 Å². The minimum atomic E-state index is -0.817. The molecule has 36 heavy (non-hydrogen) atoms. The van der Waals surface area contributed by atoms with Crippen LogP contribution in [0.5, 0.6) is 11.7 Å². The molecule has 0 saturated heterocycles. The molecule has 1 aliphatic carbocycles. The number of carbonyl (C=O) groups excluding carboxylic acids is 1. The van der Waals surface area contributed by atoms with Gasteiger partial charge in [-0.25, -0.2) is 4.98 Å². The Morgan fingerprint density at radius 2 is 2.03 bits per heavy atom. The topological polar surface area (TPSA) is 116 Å². The monoisotopic (exact) mass is 498 g/mol. The van der Waals surface area contributed by atoms with Gasteiger partial charge in [0, 0.05) is 17.8 Å². The zero-order valence-corrected chi connectivity index (χ0v) is 20.3. The minimum Gasteiger partial charge on any atom is -0.539 e. The van der Waals surface area contributed by atoms with E-state index in [4.69, 9.17) is 14.2 Å². The number of aromatic nitrogens is 3. The second-order valence-electron chi connectivity index (χ2n) is 8.44. The van der Waals surface area contributed by atoms with E-state index in [1.54, 1.807) is 31.4 Å². The zero-order chi connectivity index (χ0) is 25.1. The van der Waals surface area contributed by atoms with Crippen molar-refractivity contribution >= 4 is 17.5 Å². The molecule has 4 aromatic rings. The molecule has 1 unspecified atom stereocenters. The van der Waals surface area contributed by atoms with Gasteiger partial charge < -0.3 is 14.4 Å². The third-order valence-corrected chi connectivity index (χ3v) is 7.27. The lowest BCUT2D eigenvalue weighted by molar-refractivity contribution is -0.672. The molecule has 0 saturated carbocycles. The summed E-state index contributed by atoms with van der Waals surface area (Å²) in [7, 11) is 1.55. The molecule has 180 valence electrons. The van der Waals surface area contributed by atoms with Crippen molar-refractivity contribution in [3.05, 3.63) is 88.7 Å². The summed E-state index contributed by atoms with van der Waals surface area (Å²) in [6.45, 7) is 0. The molecule has 0 fully saturated rings. The molecule has 2 heterocycles. The second-order valence-corrected chi connectivity index (χ2v) is 9.40. The van der Waals surface area contributed by atoms with Gasteiger partial charge in [-0.05, 0) is 59.2 Å². The van der Waals surface area contributed by atoms with Gasteiger partial charge in [0.25, 0.3) is 0 Å². The summed E-state index contributed by atoms with van der Waals surface area (Å²) in [5.41, 5.74) is 4.05. The quantitative estimate of drug-likeness (QED) is 0.216. The highest BCUT2D eigenvalue weighted by atomic mass is 32.2. The Bertz CT molecular complexity index is 1450. The smallest absolute Gasteiger partial charge is 0.307 e. The summed E-state index contributed by atoms with van der Waals surface area (Å²) < 4.78 is 11.1. The van der Waals surface area contributed by atoms with Crippen LogP contribution in [0.15, 0.2) is 70.2 Å². The second kappa shape index (κ2) is 10.2. The molecule has 0 spiro atoms. The van der Waals surface area contributed by atoms with Crippen molar-refractivity contribution in [2.24, 2.45) is 0 Å². The van der Waals surface area contributed by atoms with E-state index < -0.39 is 11.7 Å². The van der Waals surface area contributed by atoms with Crippen LogP contribution < -0.4 is 14.5 Å². The predicted molar refractivity (Wildman–Crippen MR) is 129 cm³/mol.